The van der Waals surface area contributed by atoms with Crippen molar-refractivity contribution in [1.29, 1.82) is 0 Å². The van der Waals surface area contributed by atoms with Gasteiger partial charge in [-0.15, -0.1) is 0 Å². The zero-order chi connectivity index (χ0) is 22.1. The number of amides is 1. The van der Waals surface area contributed by atoms with E-state index < -0.39 is 0 Å². The normalized spacial score (nSPS) is 17.9. The molecule has 0 saturated carbocycles. The van der Waals surface area contributed by atoms with Gasteiger partial charge in [0.2, 0.25) is 0 Å². The Balaban J connectivity index is 1.22. The molecule has 0 spiro atoms. The lowest BCUT2D eigenvalue weighted by atomic mass is 10.2. The predicted molar refractivity (Wildman–Crippen MR) is 135 cm³/mol. The standard InChI is InChI=1S/C24H19BrClN3O2S/c25-17-3-1-16(2-4-17)21-10-9-20(31-21)15-22-23(30)27-24(32-22)29-13-11-28(12-14-29)19-7-5-18(26)6-8-19/h1-10,15H,11-14H2. The topological polar surface area (TPSA) is 49.1 Å². The summed E-state index contributed by atoms with van der Waals surface area (Å²) in [6, 6.07) is 19.6. The highest BCUT2D eigenvalue weighted by atomic mass is 79.9. The molecule has 0 atom stereocenters. The molecule has 1 aromatic heterocycles. The molecule has 5 nitrogen and oxygen atoms in total. The van der Waals surface area contributed by atoms with Crippen LogP contribution in [-0.4, -0.2) is 42.2 Å². The molecule has 0 unspecified atom stereocenters. The maximum Gasteiger partial charge on any atom is 0.286 e. The highest BCUT2D eigenvalue weighted by molar-refractivity contribution is 9.10. The lowest BCUT2D eigenvalue weighted by Crippen LogP contribution is -2.47. The second kappa shape index (κ2) is 9.17. The number of aliphatic imine (C=N–C) groups is 1. The van der Waals surface area contributed by atoms with Crippen LogP contribution in [0.4, 0.5) is 5.69 Å². The molecular weight excluding hydrogens is 510 g/mol. The van der Waals surface area contributed by atoms with E-state index in [-0.39, 0.29) is 5.91 Å². The lowest BCUT2D eigenvalue weighted by Gasteiger charge is -2.36. The Morgan fingerprint density at radius 2 is 1.62 bits per heavy atom. The molecule has 0 aliphatic carbocycles. The van der Waals surface area contributed by atoms with E-state index in [1.165, 1.54) is 11.8 Å². The van der Waals surface area contributed by atoms with Crippen LogP contribution in [0.3, 0.4) is 0 Å². The largest absolute Gasteiger partial charge is 0.457 e. The minimum absolute atomic E-state index is 0.216. The Hall–Kier alpha value is -2.48. The monoisotopic (exact) mass is 527 g/mol. The summed E-state index contributed by atoms with van der Waals surface area (Å²) in [7, 11) is 0. The Kier molecular flexibility index (Phi) is 6.13. The van der Waals surface area contributed by atoms with Crippen molar-refractivity contribution in [3.05, 3.63) is 80.8 Å². The number of carbonyl (C=O) groups excluding carboxylic acids is 1. The van der Waals surface area contributed by atoms with E-state index in [1.54, 1.807) is 6.08 Å². The molecule has 2 aliphatic heterocycles. The fourth-order valence-electron chi connectivity index (χ4n) is 3.67. The first-order valence-corrected chi connectivity index (χ1v) is 12.2. The molecule has 0 bridgehead atoms. The van der Waals surface area contributed by atoms with Crippen molar-refractivity contribution in [2.45, 2.75) is 0 Å². The maximum atomic E-state index is 12.5. The summed E-state index contributed by atoms with van der Waals surface area (Å²) in [6.07, 6.45) is 1.77. The van der Waals surface area contributed by atoms with Crippen LogP contribution in [0, 0.1) is 0 Å². The van der Waals surface area contributed by atoms with Crippen molar-refractivity contribution in [3.63, 3.8) is 0 Å². The number of hydrogen-bond donors (Lipinski definition) is 0. The smallest absolute Gasteiger partial charge is 0.286 e. The first kappa shape index (κ1) is 21.4. The average Bonchev–Trinajstić information content (AvgIpc) is 3.42. The van der Waals surface area contributed by atoms with Gasteiger partial charge in [-0.2, -0.15) is 4.99 Å². The molecule has 1 amide bonds. The minimum Gasteiger partial charge on any atom is -0.457 e. The van der Waals surface area contributed by atoms with Gasteiger partial charge in [0.15, 0.2) is 5.17 Å². The third kappa shape index (κ3) is 4.65. The number of amidine groups is 1. The van der Waals surface area contributed by atoms with Crippen molar-refractivity contribution in [3.8, 4) is 11.3 Å². The number of furan rings is 1. The number of thioether (sulfide) groups is 1. The molecular formula is C24H19BrClN3O2S. The molecule has 1 fully saturated rings. The molecule has 0 N–H and O–H groups in total. The summed E-state index contributed by atoms with van der Waals surface area (Å²) >= 11 is 10.8. The Labute approximate surface area is 203 Å². The summed E-state index contributed by atoms with van der Waals surface area (Å²) in [5.74, 6) is 1.19. The van der Waals surface area contributed by atoms with E-state index in [9.17, 15) is 4.79 Å². The summed E-state index contributed by atoms with van der Waals surface area (Å²) in [6.45, 7) is 3.35. The quantitative estimate of drug-likeness (QED) is 0.381. The van der Waals surface area contributed by atoms with E-state index in [4.69, 9.17) is 16.0 Å². The van der Waals surface area contributed by atoms with Gasteiger partial charge in [0.25, 0.3) is 5.91 Å². The summed E-state index contributed by atoms with van der Waals surface area (Å²) in [5.41, 5.74) is 2.14. The molecule has 32 heavy (non-hydrogen) atoms. The third-order valence-electron chi connectivity index (χ3n) is 5.38. The van der Waals surface area contributed by atoms with Gasteiger partial charge in [-0.25, -0.2) is 0 Å². The highest BCUT2D eigenvalue weighted by Crippen LogP contribution is 2.32. The van der Waals surface area contributed by atoms with Crippen LogP contribution in [-0.2, 0) is 4.79 Å². The number of hydrogen-bond acceptors (Lipinski definition) is 5. The van der Waals surface area contributed by atoms with Gasteiger partial charge < -0.3 is 14.2 Å². The second-order valence-electron chi connectivity index (χ2n) is 7.47. The summed E-state index contributed by atoms with van der Waals surface area (Å²) in [5, 5.41) is 1.50. The van der Waals surface area contributed by atoms with Crippen molar-refractivity contribution in [2.24, 2.45) is 4.99 Å². The second-order valence-corrected chi connectivity index (χ2v) is 9.83. The Morgan fingerprint density at radius 3 is 2.34 bits per heavy atom. The van der Waals surface area contributed by atoms with Gasteiger partial charge >= 0.3 is 0 Å². The Bertz CT molecular complexity index is 1200. The van der Waals surface area contributed by atoms with Gasteiger partial charge in [-0.3, -0.25) is 4.79 Å². The first-order valence-electron chi connectivity index (χ1n) is 10.2. The molecule has 3 heterocycles. The number of benzene rings is 2. The molecule has 3 aromatic rings. The number of halogens is 2. The average molecular weight is 529 g/mol. The number of rotatable bonds is 3. The predicted octanol–water partition coefficient (Wildman–Crippen LogP) is 6.16. The molecule has 8 heteroatoms. The molecule has 5 rings (SSSR count). The van der Waals surface area contributed by atoms with Crippen LogP contribution in [0.1, 0.15) is 5.76 Å². The van der Waals surface area contributed by atoms with Gasteiger partial charge in [0, 0.05) is 53.0 Å². The lowest BCUT2D eigenvalue weighted by molar-refractivity contribution is -0.113. The van der Waals surface area contributed by atoms with Crippen molar-refractivity contribution in [1.82, 2.24) is 4.90 Å². The van der Waals surface area contributed by atoms with Crippen LogP contribution in [0.2, 0.25) is 5.02 Å². The summed E-state index contributed by atoms with van der Waals surface area (Å²) < 4.78 is 6.95. The molecule has 1 saturated heterocycles. The molecule has 0 radical (unpaired) electrons. The Morgan fingerprint density at radius 1 is 0.938 bits per heavy atom. The van der Waals surface area contributed by atoms with Crippen molar-refractivity contribution in [2.75, 3.05) is 31.1 Å². The van der Waals surface area contributed by atoms with Crippen LogP contribution in [0.15, 0.2) is 79.5 Å². The van der Waals surface area contributed by atoms with E-state index in [1.807, 2.05) is 60.7 Å². The van der Waals surface area contributed by atoms with Crippen LogP contribution < -0.4 is 4.90 Å². The molecule has 162 valence electrons. The number of carbonyl (C=O) groups is 1. The van der Waals surface area contributed by atoms with Gasteiger partial charge in [0.05, 0.1) is 4.91 Å². The van der Waals surface area contributed by atoms with E-state index in [0.29, 0.717) is 10.7 Å². The van der Waals surface area contributed by atoms with Crippen LogP contribution >= 0.6 is 39.3 Å². The number of piperazine rings is 1. The van der Waals surface area contributed by atoms with Gasteiger partial charge in [-0.05, 0) is 60.3 Å². The van der Waals surface area contributed by atoms with E-state index in [2.05, 4.69) is 30.7 Å². The van der Waals surface area contributed by atoms with Crippen LogP contribution in [0.5, 0.6) is 0 Å². The van der Waals surface area contributed by atoms with Crippen LogP contribution in [0.25, 0.3) is 17.4 Å². The number of nitrogens with zero attached hydrogens (tertiary/aromatic N) is 3. The van der Waals surface area contributed by atoms with E-state index in [0.717, 1.165) is 57.9 Å². The van der Waals surface area contributed by atoms with Gasteiger partial charge in [0.1, 0.15) is 11.5 Å². The third-order valence-corrected chi connectivity index (χ3v) is 7.21. The maximum absolute atomic E-state index is 12.5. The van der Waals surface area contributed by atoms with Crippen molar-refractivity contribution >= 4 is 62.1 Å². The highest BCUT2D eigenvalue weighted by Gasteiger charge is 2.28. The fraction of sp³-hybridized carbons (Fsp3) is 0.167. The van der Waals surface area contributed by atoms with Gasteiger partial charge in [-0.1, -0.05) is 39.7 Å². The zero-order valence-corrected chi connectivity index (χ0v) is 20.2. The van der Waals surface area contributed by atoms with E-state index >= 15 is 0 Å². The number of anilines is 1. The summed E-state index contributed by atoms with van der Waals surface area (Å²) in [4.78, 5) is 21.8. The van der Waals surface area contributed by atoms with Crippen molar-refractivity contribution < 1.29 is 9.21 Å². The molecule has 2 aromatic carbocycles. The first-order chi connectivity index (χ1) is 15.5. The SMILES string of the molecule is O=C1N=C(N2CCN(c3ccc(Cl)cc3)CC2)SC1=Cc1ccc(-c2ccc(Br)cc2)o1. The zero-order valence-electron chi connectivity index (χ0n) is 17.0. The minimum atomic E-state index is -0.216. The molecule has 2 aliphatic rings. The fourth-order valence-corrected chi connectivity index (χ4v) is 5.01.